The zero-order chi connectivity index (χ0) is 14.8. The van der Waals surface area contributed by atoms with Crippen molar-refractivity contribution < 1.29 is 4.79 Å². The lowest BCUT2D eigenvalue weighted by Crippen LogP contribution is -2.19. The summed E-state index contributed by atoms with van der Waals surface area (Å²) < 4.78 is 0. The van der Waals surface area contributed by atoms with E-state index >= 15 is 0 Å². The molecule has 0 radical (unpaired) electrons. The third-order valence-electron chi connectivity index (χ3n) is 4.20. The van der Waals surface area contributed by atoms with Crippen molar-refractivity contribution in [2.24, 2.45) is 11.8 Å². The van der Waals surface area contributed by atoms with Gasteiger partial charge in [-0.15, -0.1) is 0 Å². The summed E-state index contributed by atoms with van der Waals surface area (Å²) in [5, 5.41) is 0.742. The van der Waals surface area contributed by atoms with E-state index in [1.165, 1.54) is 18.4 Å². The van der Waals surface area contributed by atoms with E-state index in [9.17, 15) is 4.79 Å². The van der Waals surface area contributed by atoms with Gasteiger partial charge in [0.15, 0.2) is 5.78 Å². The molecule has 21 heavy (non-hydrogen) atoms. The topological polar surface area (TPSA) is 17.1 Å². The predicted molar refractivity (Wildman–Crippen MR) is 86.9 cm³/mol. The van der Waals surface area contributed by atoms with Crippen LogP contribution < -0.4 is 0 Å². The van der Waals surface area contributed by atoms with Crippen LogP contribution in [0.1, 0.15) is 34.3 Å². The molecule has 2 aromatic carbocycles. The first-order valence-electron chi connectivity index (χ1n) is 7.49. The van der Waals surface area contributed by atoms with Gasteiger partial charge in [-0.3, -0.25) is 4.79 Å². The van der Waals surface area contributed by atoms with Gasteiger partial charge in [-0.2, -0.15) is 0 Å². The molecule has 0 spiro atoms. The maximum atomic E-state index is 12.8. The highest BCUT2D eigenvalue weighted by molar-refractivity contribution is 6.30. The molecule has 0 aliphatic heterocycles. The molecular weight excluding hydrogens is 280 g/mol. The summed E-state index contributed by atoms with van der Waals surface area (Å²) in [6.45, 7) is 2.03. The molecule has 0 amide bonds. The highest BCUT2D eigenvalue weighted by atomic mass is 35.5. The average molecular weight is 299 g/mol. The fourth-order valence-electron chi connectivity index (χ4n) is 2.86. The molecule has 1 aliphatic rings. The monoisotopic (exact) mass is 298 g/mol. The average Bonchev–Trinajstić information content (AvgIpc) is 3.30. The number of benzene rings is 2. The molecule has 2 aromatic rings. The molecule has 0 aromatic heterocycles. The second-order valence-electron chi connectivity index (χ2n) is 6.01. The summed E-state index contributed by atoms with van der Waals surface area (Å²) in [6.07, 6.45) is 3.17. The summed E-state index contributed by atoms with van der Waals surface area (Å²) in [6, 6.07) is 15.8. The summed E-state index contributed by atoms with van der Waals surface area (Å²) in [5.41, 5.74) is 3.18. The van der Waals surface area contributed by atoms with Gasteiger partial charge in [0, 0.05) is 16.5 Å². The summed E-state index contributed by atoms with van der Waals surface area (Å²) in [7, 11) is 0. The molecule has 1 unspecified atom stereocenters. The molecule has 2 heteroatoms. The Balaban J connectivity index is 1.81. The van der Waals surface area contributed by atoms with E-state index in [2.05, 4.69) is 0 Å². The first-order chi connectivity index (χ1) is 10.1. The highest BCUT2D eigenvalue weighted by Crippen LogP contribution is 2.40. The normalized spacial score (nSPS) is 15.7. The number of carbonyl (C=O) groups excluding carboxylic acids is 1. The van der Waals surface area contributed by atoms with Crippen LogP contribution in [0, 0.1) is 18.8 Å². The Hall–Kier alpha value is -1.60. The van der Waals surface area contributed by atoms with Crippen LogP contribution in [0.4, 0.5) is 0 Å². The third-order valence-corrected chi connectivity index (χ3v) is 4.45. The summed E-state index contributed by atoms with van der Waals surface area (Å²) in [4.78, 5) is 12.8. The molecule has 0 bridgehead atoms. The molecule has 3 rings (SSSR count). The SMILES string of the molecule is Cc1cccc(C(=O)C(Cc2ccc(Cl)cc2)C2CC2)c1. The van der Waals surface area contributed by atoms with Crippen molar-refractivity contribution in [2.45, 2.75) is 26.2 Å². The van der Waals surface area contributed by atoms with E-state index in [1.807, 2.05) is 55.5 Å². The van der Waals surface area contributed by atoms with Crippen molar-refractivity contribution in [3.05, 3.63) is 70.2 Å². The number of carbonyl (C=O) groups is 1. The third kappa shape index (κ3) is 3.54. The van der Waals surface area contributed by atoms with Gasteiger partial charge in [0.25, 0.3) is 0 Å². The summed E-state index contributed by atoms with van der Waals surface area (Å²) >= 11 is 5.93. The quantitative estimate of drug-likeness (QED) is 0.702. The van der Waals surface area contributed by atoms with Gasteiger partial charge in [0.2, 0.25) is 0 Å². The van der Waals surface area contributed by atoms with Crippen LogP contribution in [-0.2, 0) is 6.42 Å². The number of hydrogen-bond acceptors (Lipinski definition) is 1. The molecule has 1 atom stereocenters. The van der Waals surface area contributed by atoms with Gasteiger partial charge in [-0.25, -0.2) is 0 Å². The first kappa shape index (κ1) is 14.3. The van der Waals surface area contributed by atoms with Crippen LogP contribution >= 0.6 is 11.6 Å². The Bertz CT molecular complexity index is 641. The molecule has 0 saturated heterocycles. The van der Waals surface area contributed by atoms with Crippen molar-refractivity contribution in [3.63, 3.8) is 0 Å². The van der Waals surface area contributed by atoms with Crippen molar-refractivity contribution in [2.75, 3.05) is 0 Å². The van der Waals surface area contributed by atoms with E-state index in [1.54, 1.807) is 0 Å². The predicted octanol–water partition coefficient (Wildman–Crippen LogP) is 5.10. The lowest BCUT2D eigenvalue weighted by Gasteiger charge is -2.16. The standard InChI is InChI=1S/C19H19ClO/c1-13-3-2-4-16(11-13)19(21)18(15-7-8-15)12-14-5-9-17(20)10-6-14/h2-6,9-11,15,18H,7-8,12H2,1H3. The van der Waals surface area contributed by atoms with E-state index in [0.717, 1.165) is 22.6 Å². The lowest BCUT2D eigenvalue weighted by molar-refractivity contribution is 0.0903. The smallest absolute Gasteiger partial charge is 0.166 e. The Morgan fingerprint density at radius 2 is 1.90 bits per heavy atom. The van der Waals surface area contributed by atoms with Gasteiger partial charge < -0.3 is 0 Å². The number of hydrogen-bond donors (Lipinski definition) is 0. The van der Waals surface area contributed by atoms with Crippen LogP contribution in [0.5, 0.6) is 0 Å². The molecule has 1 saturated carbocycles. The first-order valence-corrected chi connectivity index (χ1v) is 7.86. The number of ketones is 1. The zero-order valence-electron chi connectivity index (χ0n) is 12.2. The largest absolute Gasteiger partial charge is 0.294 e. The Morgan fingerprint density at radius 1 is 1.19 bits per heavy atom. The molecular formula is C19H19ClO. The summed E-state index contributed by atoms with van der Waals surface area (Å²) in [5.74, 6) is 0.942. The minimum atomic E-state index is 0.105. The van der Waals surface area contributed by atoms with Crippen LogP contribution in [0.15, 0.2) is 48.5 Å². The zero-order valence-corrected chi connectivity index (χ0v) is 12.9. The van der Waals surface area contributed by atoms with Crippen molar-refractivity contribution in [1.29, 1.82) is 0 Å². The van der Waals surface area contributed by atoms with Gasteiger partial charge in [-0.1, -0.05) is 47.5 Å². The van der Waals surface area contributed by atoms with E-state index in [-0.39, 0.29) is 11.7 Å². The van der Waals surface area contributed by atoms with Gasteiger partial charge in [0.1, 0.15) is 0 Å². The second kappa shape index (κ2) is 6.03. The van der Waals surface area contributed by atoms with E-state index in [4.69, 9.17) is 11.6 Å². The van der Waals surface area contributed by atoms with Crippen molar-refractivity contribution in [3.8, 4) is 0 Å². The fraction of sp³-hybridized carbons (Fsp3) is 0.316. The number of rotatable bonds is 5. The van der Waals surface area contributed by atoms with E-state index < -0.39 is 0 Å². The van der Waals surface area contributed by atoms with Crippen molar-refractivity contribution in [1.82, 2.24) is 0 Å². The van der Waals surface area contributed by atoms with Gasteiger partial charge in [0.05, 0.1) is 0 Å². The maximum absolute atomic E-state index is 12.8. The molecule has 0 N–H and O–H groups in total. The Kier molecular flexibility index (Phi) is 4.12. The number of aryl methyl sites for hydroxylation is 1. The Morgan fingerprint density at radius 3 is 2.52 bits per heavy atom. The fourth-order valence-corrected chi connectivity index (χ4v) is 2.98. The van der Waals surface area contributed by atoms with Crippen LogP contribution in [-0.4, -0.2) is 5.78 Å². The molecule has 1 nitrogen and oxygen atoms in total. The van der Waals surface area contributed by atoms with Gasteiger partial charge in [-0.05, 0) is 55.9 Å². The minimum absolute atomic E-state index is 0.105. The van der Waals surface area contributed by atoms with Gasteiger partial charge >= 0.3 is 0 Å². The van der Waals surface area contributed by atoms with E-state index in [0.29, 0.717) is 5.92 Å². The van der Waals surface area contributed by atoms with Crippen LogP contribution in [0.3, 0.4) is 0 Å². The minimum Gasteiger partial charge on any atom is -0.294 e. The number of Topliss-reactive ketones (excluding diaryl/α,β-unsaturated/α-hetero) is 1. The highest BCUT2D eigenvalue weighted by Gasteiger charge is 2.36. The van der Waals surface area contributed by atoms with Crippen LogP contribution in [0.25, 0.3) is 0 Å². The second-order valence-corrected chi connectivity index (χ2v) is 6.44. The Labute approximate surface area is 131 Å². The maximum Gasteiger partial charge on any atom is 0.166 e. The number of halogens is 1. The van der Waals surface area contributed by atoms with Crippen molar-refractivity contribution >= 4 is 17.4 Å². The molecule has 0 heterocycles. The molecule has 108 valence electrons. The lowest BCUT2D eigenvalue weighted by atomic mass is 9.87. The molecule has 1 aliphatic carbocycles. The van der Waals surface area contributed by atoms with Crippen LogP contribution in [0.2, 0.25) is 5.02 Å². The molecule has 1 fully saturated rings.